The molecule has 3 nitrogen and oxygen atoms in total. The topological polar surface area (TPSA) is 55.1 Å². The van der Waals surface area contributed by atoms with Crippen LogP contribution in [0.1, 0.15) is 24.0 Å². The summed E-state index contributed by atoms with van der Waals surface area (Å²) < 4.78 is 0. The van der Waals surface area contributed by atoms with Crippen LogP contribution in [0.3, 0.4) is 0 Å². The number of rotatable bonds is 5. The minimum atomic E-state index is 0.137. The Kier molecular flexibility index (Phi) is 4.07. The highest BCUT2D eigenvalue weighted by molar-refractivity contribution is 8.00. The summed E-state index contributed by atoms with van der Waals surface area (Å²) in [7, 11) is 0. The van der Waals surface area contributed by atoms with Crippen molar-refractivity contribution in [2.45, 2.75) is 37.2 Å². The third-order valence-corrected chi connectivity index (χ3v) is 3.84. The molecule has 3 N–H and O–H groups in total. The first-order chi connectivity index (χ1) is 8.19. The van der Waals surface area contributed by atoms with Crippen molar-refractivity contribution in [2.75, 3.05) is 5.75 Å². The second-order valence-corrected chi connectivity index (χ2v) is 5.47. The standard InChI is InChI=1S/C13H18N2OS/c1-9-6-12(5-2-10(9)7-14)17-8-13(16)15-11-3-4-11/h2,5-6,11H,3-4,7-8,14H2,1H3,(H,15,16). The first-order valence-electron chi connectivity index (χ1n) is 5.91. The van der Waals surface area contributed by atoms with Crippen molar-refractivity contribution in [1.82, 2.24) is 5.32 Å². The van der Waals surface area contributed by atoms with Crippen LogP contribution in [-0.2, 0) is 11.3 Å². The summed E-state index contributed by atoms with van der Waals surface area (Å²) in [6, 6.07) is 6.61. The molecule has 0 atom stereocenters. The van der Waals surface area contributed by atoms with Crippen LogP contribution in [0, 0.1) is 6.92 Å². The van der Waals surface area contributed by atoms with E-state index in [-0.39, 0.29) is 5.91 Å². The van der Waals surface area contributed by atoms with E-state index in [1.54, 1.807) is 11.8 Å². The summed E-state index contributed by atoms with van der Waals surface area (Å²) >= 11 is 1.58. The Morgan fingerprint density at radius 1 is 1.53 bits per heavy atom. The lowest BCUT2D eigenvalue weighted by molar-refractivity contribution is -0.118. The van der Waals surface area contributed by atoms with E-state index >= 15 is 0 Å². The fourth-order valence-corrected chi connectivity index (χ4v) is 2.44. The normalized spacial score (nSPS) is 14.7. The zero-order valence-corrected chi connectivity index (χ0v) is 10.8. The van der Waals surface area contributed by atoms with Gasteiger partial charge in [-0.3, -0.25) is 4.79 Å². The molecule has 0 bridgehead atoms. The molecule has 17 heavy (non-hydrogen) atoms. The summed E-state index contributed by atoms with van der Waals surface area (Å²) in [6.45, 7) is 2.62. The highest BCUT2D eigenvalue weighted by Gasteiger charge is 2.22. The first-order valence-corrected chi connectivity index (χ1v) is 6.89. The molecular formula is C13H18N2OS. The summed E-state index contributed by atoms with van der Waals surface area (Å²) in [5, 5.41) is 2.98. The molecule has 0 aliphatic heterocycles. The molecule has 0 saturated heterocycles. The van der Waals surface area contributed by atoms with Crippen molar-refractivity contribution in [3.05, 3.63) is 29.3 Å². The number of aryl methyl sites for hydroxylation is 1. The summed E-state index contributed by atoms with van der Waals surface area (Å²) in [5.41, 5.74) is 7.97. The molecule has 0 unspecified atom stereocenters. The minimum Gasteiger partial charge on any atom is -0.353 e. The van der Waals surface area contributed by atoms with E-state index in [2.05, 4.69) is 18.3 Å². The van der Waals surface area contributed by atoms with Crippen LogP contribution < -0.4 is 11.1 Å². The molecular weight excluding hydrogens is 232 g/mol. The highest BCUT2D eigenvalue weighted by Crippen LogP contribution is 2.22. The second-order valence-electron chi connectivity index (χ2n) is 4.42. The molecule has 4 heteroatoms. The van der Waals surface area contributed by atoms with Crippen LogP contribution in [0.25, 0.3) is 0 Å². The third-order valence-electron chi connectivity index (χ3n) is 2.85. The van der Waals surface area contributed by atoms with Crippen molar-refractivity contribution in [3.8, 4) is 0 Å². The monoisotopic (exact) mass is 250 g/mol. The first kappa shape index (κ1) is 12.5. The van der Waals surface area contributed by atoms with E-state index in [9.17, 15) is 4.79 Å². The molecule has 1 amide bonds. The molecule has 0 spiro atoms. The Hall–Kier alpha value is -1.00. The van der Waals surface area contributed by atoms with Crippen LogP contribution in [0.2, 0.25) is 0 Å². The van der Waals surface area contributed by atoms with E-state index in [1.807, 2.05) is 12.1 Å². The molecule has 1 fully saturated rings. The molecule has 1 aliphatic rings. The van der Waals surface area contributed by atoms with Crippen LogP contribution >= 0.6 is 11.8 Å². The third kappa shape index (κ3) is 3.75. The van der Waals surface area contributed by atoms with E-state index < -0.39 is 0 Å². The van der Waals surface area contributed by atoms with E-state index in [0.29, 0.717) is 18.3 Å². The van der Waals surface area contributed by atoms with Crippen molar-refractivity contribution in [1.29, 1.82) is 0 Å². The quantitative estimate of drug-likeness (QED) is 0.784. The van der Waals surface area contributed by atoms with Crippen molar-refractivity contribution in [3.63, 3.8) is 0 Å². The Morgan fingerprint density at radius 3 is 2.88 bits per heavy atom. The smallest absolute Gasteiger partial charge is 0.230 e. The van der Waals surface area contributed by atoms with Gasteiger partial charge < -0.3 is 11.1 Å². The average molecular weight is 250 g/mol. The maximum atomic E-state index is 11.5. The maximum Gasteiger partial charge on any atom is 0.230 e. The number of carbonyl (C=O) groups is 1. The van der Waals surface area contributed by atoms with Crippen LogP contribution in [-0.4, -0.2) is 17.7 Å². The van der Waals surface area contributed by atoms with Crippen LogP contribution in [0.4, 0.5) is 0 Å². The second kappa shape index (κ2) is 5.56. The zero-order valence-electron chi connectivity index (χ0n) is 10.0. The van der Waals surface area contributed by atoms with Crippen molar-refractivity contribution in [2.24, 2.45) is 5.73 Å². The molecule has 1 saturated carbocycles. The van der Waals surface area contributed by atoms with Crippen molar-refractivity contribution < 1.29 is 4.79 Å². The van der Waals surface area contributed by atoms with Gasteiger partial charge in [0.05, 0.1) is 5.75 Å². The van der Waals surface area contributed by atoms with Gasteiger partial charge in [-0.2, -0.15) is 0 Å². The predicted octanol–water partition coefficient (Wildman–Crippen LogP) is 1.82. The Labute approximate surface area is 106 Å². The molecule has 0 radical (unpaired) electrons. The predicted molar refractivity (Wildman–Crippen MR) is 71.0 cm³/mol. The van der Waals surface area contributed by atoms with E-state index in [0.717, 1.165) is 23.3 Å². The van der Waals surface area contributed by atoms with Crippen LogP contribution in [0.15, 0.2) is 23.1 Å². The largest absolute Gasteiger partial charge is 0.353 e. The zero-order chi connectivity index (χ0) is 12.3. The van der Waals surface area contributed by atoms with Gasteiger partial charge in [-0.15, -0.1) is 11.8 Å². The number of nitrogens with two attached hydrogens (primary N) is 1. The molecule has 0 heterocycles. The van der Waals surface area contributed by atoms with Gasteiger partial charge in [0.2, 0.25) is 5.91 Å². The fraction of sp³-hybridized carbons (Fsp3) is 0.462. The number of nitrogens with one attached hydrogen (secondary N) is 1. The minimum absolute atomic E-state index is 0.137. The Balaban J connectivity index is 1.85. The Bertz CT molecular complexity index is 416. The van der Waals surface area contributed by atoms with Crippen LogP contribution in [0.5, 0.6) is 0 Å². The number of benzene rings is 1. The summed E-state index contributed by atoms with van der Waals surface area (Å²) in [5.74, 6) is 0.635. The molecule has 1 aromatic carbocycles. The number of carbonyl (C=O) groups excluding carboxylic acids is 1. The van der Waals surface area contributed by atoms with E-state index in [1.165, 1.54) is 5.56 Å². The van der Waals surface area contributed by atoms with E-state index in [4.69, 9.17) is 5.73 Å². The number of hydrogen-bond acceptors (Lipinski definition) is 3. The van der Waals surface area contributed by atoms with Gasteiger partial charge in [0.25, 0.3) is 0 Å². The lowest BCUT2D eigenvalue weighted by Crippen LogP contribution is -2.26. The Morgan fingerprint density at radius 2 is 2.29 bits per heavy atom. The maximum absolute atomic E-state index is 11.5. The van der Waals surface area contributed by atoms with Gasteiger partial charge in [0.1, 0.15) is 0 Å². The van der Waals surface area contributed by atoms with Gasteiger partial charge in [0, 0.05) is 17.5 Å². The van der Waals surface area contributed by atoms with Gasteiger partial charge in [-0.1, -0.05) is 6.07 Å². The van der Waals surface area contributed by atoms with Gasteiger partial charge >= 0.3 is 0 Å². The lowest BCUT2D eigenvalue weighted by atomic mass is 10.1. The average Bonchev–Trinajstić information content (AvgIpc) is 3.10. The highest BCUT2D eigenvalue weighted by atomic mass is 32.2. The SMILES string of the molecule is Cc1cc(SCC(=O)NC2CC2)ccc1CN. The number of hydrogen-bond donors (Lipinski definition) is 2. The number of thioether (sulfide) groups is 1. The summed E-state index contributed by atoms with van der Waals surface area (Å²) in [4.78, 5) is 12.7. The molecule has 1 aliphatic carbocycles. The van der Waals surface area contributed by atoms with Gasteiger partial charge in [0.15, 0.2) is 0 Å². The number of amides is 1. The molecule has 2 rings (SSSR count). The van der Waals surface area contributed by atoms with Gasteiger partial charge in [-0.25, -0.2) is 0 Å². The fourth-order valence-electron chi connectivity index (χ4n) is 1.63. The van der Waals surface area contributed by atoms with Crippen molar-refractivity contribution >= 4 is 17.7 Å². The molecule has 0 aromatic heterocycles. The summed E-state index contributed by atoms with van der Waals surface area (Å²) in [6.07, 6.45) is 2.28. The molecule has 92 valence electrons. The lowest BCUT2D eigenvalue weighted by Gasteiger charge is -2.07. The van der Waals surface area contributed by atoms with Gasteiger partial charge in [-0.05, 0) is 43.0 Å². The molecule has 1 aromatic rings.